The molecule has 2 heteroatoms. The zero-order valence-corrected chi connectivity index (χ0v) is 34.7. The SMILES string of the molecule is CCCCCCCCC/C=C/C=C/CCCCCCCC(=O)OC1CCC2(C)C(=CCC3C2CCC2(C)C(C(C)/C=C/C(C)C(C)C)CCC32)C1. The second kappa shape index (κ2) is 21.4. The molecular weight excluding hydrogens is 621 g/mol. The number of hydrogen-bond donors (Lipinski definition) is 0. The molecule has 4 aliphatic rings. The second-order valence-electron chi connectivity index (χ2n) is 18.8. The van der Waals surface area contributed by atoms with E-state index in [0.717, 1.165) is 55.8 Å². The van der Waals surface area contributed by atoms with Crippen molar-refractivity contribution in [3.63, 3.8) is 0 Å². The van der Waals surface area contributed by atoms with Crippen LogP contribution in [0.25, 0.3) is 0 Å². The van der Waals surface area contributed by atoms with Crippen LogP contribution in [0.15, 0.2) is 48.1 Å². The van der Waals surface area contributed by atoms with Gasteiger partial charge in [-0.1, -0.05) is 154 Å². The minimum atomic E-state index is 0.0421. The van der Waals surface area contributed by atoms with Crippen molar-refractivity contribution in [1.82, 2.24) is 0 Å². The van der Waals surface area contributed by atoms with Gasteiger partial charge in [-0.15, -0.1) is 0 Å². The lowest BCUT2D eigenvalue weighted by Gasteiger charge is -2.58. The van der Waals surface area contributed by atoms with E-state index in [2.05, 4.69) is 91.0 Å². The van der Waals surface area contributed by atoms with Crippen LogP contribution in [0.4, 0.5) is 0 Å². The monoisotopic (exact) mass is 703 g/mol. The van der Waals surface area contributed by atoms with Gasteiger partial charge in [-0.25, -0.2) is 0 Å². The largest absolute Gasteiger partial charge is 0.462 e. The Morgan fingerprint density at radius 1 is 0.784 bits per heavy atom. The van der Waals surface area contributed by atoms with Crippen LogP contribution in [-0.2, 0) is 9.53 Å². The smallest absolute Gasteiger partial charge is 0.306 e. The molecule has 3 saturated carbocycles. The van der Waals surface area contributed by atoms with Gasteiger partial charge in [-0.3, -0.25) is 4.79 Å². The number of ether oxygens (including phenoxy) is 1. The summed E-state index contributed by atoms with van der Waals surface area (Å²) < 4.78 is 6.13. The maximum Gasteiger partial charge on any atom is 0.306 e. The van der Waals surface area contributed by atoms with E-state index in [1.807, 2.05) is 0 Å². The normalized spacial score (nSPS) is 31.9. The van der Waals surface area contributed by atoms with E-state index in [9.17, 15) is 4.79 Å². The molecule has 0 radical (unpaired) electrons. The molecule has 290 valence electrons. The highest BCUT2D eigenvalue weighted by Crippen LogP contribution is 2.67. The molecule has 2 nitrogen and oxygen atoms in total. The first-order valence-corrected chi connectivity index (χ1v) is 22.5. The Balaban J connectivity index is 1.10. The summed E-state index contributed by atoms with van der Waals surface area (Å²) in [4.78, 5) is 12.9. The number of allylic oxidation sites excluding steroid dienone is 7. The number of esters is 1. The summed E-state index contributed by atoms with van der Waals surface area (Å²) in [6.07, 6.45) is 45.5. The topological polar surface area (TPSA) is 26.3 Å². The standard InChI is InChI=1S/C49H82O2/c1-8-9-10-11-12-13-14-15-16-17-18-19-20-21-22-23-24-25-26-47(50)51-42-33-35-48(6)41(37-42)29-30-43-45-32-31-44(49(45,7)36-34-46(43)48)40(5)28-27-39(4)38(2)3/h16-19,27-29,38-40,42-46H,8-15,20-26,30-37H2,1-7H3/b17-16+,19-18+,28-27+. The van der Waals surface area contributed by atoms with Crippen LogP contribution in [-0.4, -0.2) is 12.1 Å². The Kier molecular flexibility index (Phi) is 17.7. The van der Waals surface area contributed by atoms with Crippen molar-refractivity contribution < 1.29 is 9.53 Å². The van der Waals surface area contributed by atoms with Crippen LogP contribution >= 0.6 is 0 Å². The number of rotatable bonds is 22. The lowest BCUT2D eigenvalue weighted by atomic mass is 9.47. The van der Waals surface area contributed by atoms with E-state index in [4.69, 9.17) is 4.74 Å². The van der Waals surface area contributed by atoms with Gasteiger partial charge < -0.3 is 4.74 Å². The summed E-state index contributed by atoms with van der Waals surface area (Å²) in [7, 11) is 0. The predicted octanol–water partition coefficient (Wildman–Crippen LogP) is 14.9. The minimum absolute atomic E-state index is 0.0421. The Bertz CT molecular complexity index is 1140. The van der Waals surface area contributed by atoms with Gasteiger partial charge in [-0.05, 0) is 129 Å². The molecule has 9 unspecified atom stereocenters. The summed E-state index contributed by atoms with van der Waals surface area (Å²) >= 11 is 0. The third-order valence-corrected chi connectivity index (χ3v) is 14.9. The number of unbranched alkanes of at least 4 members (excludes halogenated alkanes) is 12. The molecule has 0 bridgehead atoms. The highest BCUT2D eigenvalue weighted by Gasteiger charge is 2.59. The molecule has 0 heterocycles. The Morgan fingerprint density at radius 2 is 1.43 bits per heavy atom. The van der Waals surface area contributed by atoms with Crippen LogP contribution in [0.3, 0.4) is 0 Å². The molecule has 0 aromatic carbocycles. The lowest BCUT2D eigenvalue weighted by molar-refractivity contribution is -0.151. The fourth-order valence-corrected chi connectivity index (χ4v) is 11.2. The first-order chi connectivity index (χ1) is 24.6. The van der Waals surface area contributed by atoms with Crippen molar-refractivity contribution in [2.24, 2.45) is 52.3 Å². The molecule has 0 saturated heterocycles. The van der Waals surface area contributed by atoms with Crippen LogP contribution in [0.2, 0.25) is 0 Å². The van der Waals surface area contributed by atoms with Gasteiger partial charge >= 0.3 is 5.97 Å². The molecule has 0 aliphatic heterocycles. The van der Waals surface area contributed by atoms with Crippen LogP contribution in [0.5, 0.6) is 0 Å². The first-order valence-electron chi connectivity index (χ1n) is 22.5. The van der Waals surface area contributed by atoms with Gasteiger partial charge in [0.2, 0.25) is 0 Å². The van der Waals surface area contributed by atoms with Crippen molar-refractivity contribution in [2.75, 3.05) is 0 Å². The van der Waals surface area contributed by atoms with E-state index in [1.54, 1.807) is 5.57 Å². The molecule has 0 aromatic heterocycles. The maximum atomic E-state index is 12.9. The molecule has 51 heavy (non-hydrogen) atoms. The zero-order valence-electron chi connectivity index (χ0n) is 34.7. The summed E-state index contributed by atoms with van der Waals surface area (Å²) in [6.45, 7) is 17.1. The summed E-state index contributed by atoms with van der Waals surface area (Å²) in [5.74, 6) is 5.44. The third-order valence-electron chi connectivity index (χ3n) is 14.9. The predicted molar refractivity (Wildman–Crippen MR) is 221 cm³/mol. The van der Waals surface area contributed by atoms with Gasteiger partial charge in [0.05, 0.1) is 0 Å². The van der Waals surface area contributed by atoms with E-state index in [-0.39, 0.29) is 12.1 Å². The summed E-state index contributed by atoms with van der Waals surface area (Å²) in [5.41, 5.74) is 2.42. The van der Waals surface area contributed by atoms with E-state index in [1.165, 1.54) is 109 Å². The van der Waals surface area contributed by atoms with Gasteiger partial charge in [0.15, 0.2) is 0 Å². The summed E-state index contributed by atoms with van der Waals surface area (Å²) in [6, 6.07) is 0. The second-order valence-corrected chi connectivity index (χ2v) is 18.8. The quantitative estimate of drug-likeness (QED) is 0.0486. The molecule has 4 aliphatic carbocycles. The molecule has 0 N–H and O–H groups in total. The van der Waals surface area contributed by atoms with Crippen LogP contribution in [0, 0.1) is 52.3 Å². The number of carbonyl (C=O) groups excluding carboxylic acids is 1. The number of fused-ring (bicyclic) bond motifs is 5. The van der Waals surface area contributed by atoms with Gasteiger partial charge in [-0.2, -0.15) is 0 Å². The molecule has 0 spiro atoms. The zero-order chi connectivity index (χ0) is 36.7. The molecule has 4 rings (SSSR count). The van der Waals surface area contributed by atoms with Gasteiger partial charge in [0.25, 0.3) is 0 Å². The molecule has 0 aromatic rings. The molecule has 0 amide bonds. The minimum Gasteiger partial charge on any atom is -0.462 e. The molecule has 9 atom stereocenters. The van der Waals surface area contributed by atoms with Gasteiger partial charge in [0.1, 0.15) is 6.10 Å². The highest BCUT2D eigenvalue weighted by molar-refractivity contribution is 5.69. The van der Waals surface area contributed by atoms with E-state index < -0.39 is 0 Å². The van der Waals surface area contributed by atoms with Crippen LogP contribution in [0.1, 0.15) is 196 Å². The van der Waals surface area contributed by atoms with Crippen molar-refractivity contribution in [1.29, 1.82) is 0 Å². The molecular formula is C49H82O2. The maximum absolute atomic E-state index is 12.9. The number of carbonyl (C=O) groups is 1. The average molecular weight is 703 g/mol. The van der Waals surface area contributed by atoms with E-state index >= 15 is 0 Å². The van der Waals surface area contributed by atoms with Crippen LogP contribution < -0.4 is 0 Å². The fourth-order valence-electron chi connectivity index (χ4n) is 11.2. The Labute approximate surface area is 317 Å². The summed E-state index contributed by atoms with van der Waals surface area (Å²) in [5, 5.41) is 0. The fraction of sp³-hybridized carbons (Fsp3) is 0.816. The number of hydrogen-bond acceptors (Lipinski definition) is 2. The first kappa shape index (κ1) is 42.2. The van der Waals surface area contributed by atoms with Crippen molar-refractivity contribution in [3.8, 4) is 0 Å². The Hall–Kier alpha value is -1.57. The average Bonchev–Trinajstić information content (AvgIpc) is 3.47. The van der Waals surface area contributed by atoms with E-state index in [0.29, 0.717) is 35.0 Å². The molecule has 3 fully saturated rings. The van der Waals surface area contributed by atoms with Crippen molar-refractivity contribution in [3.05, 3.63) is 48.1 Å². The lowest BCUT2D eigenvalue weighted by Crippen LogP contribution is -2.51. The van der Waals surface area contributed by atoms with Crippen molar-refractivity contribution >= 4 is 5.97 Å². The van der Waals surface area contributed by atoms with Gasteiger partial charge in [0, 0.05) is 12.8 Å². The third kappa shape index (κ3) is 12.0. The van der Waals surface area contributed by atoms with Crippen molar-refractivity contribution in [2.45, 2.75) is 202 Å². The highest BCUT2D eigenvalue weighted by atomic mass is 16.5. The Morgan fingerprint density at radius 3 is 2.10 bits per heavy atom.